The highest BCUT2D eigenvalue weighted by Crippen LogP contribution is 2.33. The van der Waals surface area contributed by atoms with Gasteiger partial charge in [-0.15, -0.1) is 0 Å². The first kappa shape index (κ1) is 19.9. The second-order valence-corrected chi connectivity index (χ2v) is 8.07. The van der Waals surface area contributed by atoms with E-state index in [4.69, 9.17) is 0 Å². The predicted molar refractivity (Wildman–Crippen MR) is 118 cm³/mol. The number of hydrogen-bond donors (Lipinski definition) is 3. The van der Waals surface area contributed by atoms with Gasteiger partial charge in [-0.25, -0.2) is 4.98 Å². The van der Waals surface area contributed by atoms with Crippen molar-refractivity contribution in [3.8, 4) is 0 Å². The summed E-state index contributed by atoms with van der Waals surface area (Å²) in [7, 11) is 0. The first-order chi connectivity index (χ1) is 15.5. The fourth-order valence-electron chi connectivity index (χ4n) is 3.84. The first-order valence-corrected chi connectivity index (χ1v) is 10.5. The third-order valence-electron chi connectivity index (χ3n) is 5.72. The zero-order chi connectivity index (χ0) is 22.2. The minimum absolute atomic E-state index is 0.0199. The molecule has 5 rings (SSSR count). The number of hydrogen-bond acceptors (Lipinski definition) is 5. The van der Waals surface area contributed by atoms with Crippen LogP contribution in [0.5, 0.6) is 0 Å². The molecule has 1 fully saturated rings. The van der Waals surface area contributed by atoms with Gasteiger partial charge in [0.15, 0.2) is 0 Å². The molecule has 9 heteroatoms. The summed E-state index contributed by atoms with van der Waals surface area (Å²) >= 11 is 0. The van der Waals surface area contributed by atoms with Gasteiger partial charge >= 0.3 is 0 Å². The lowest BCUT2D eigenvalue weighted by Gasteiger charge is -2.14. The number of aromatic nitrogens is 2. The van der Waals surface area contributed by atoms with E-state index >= 15 is 0 Å². The summed E-state index contributed by atoms with van der Waals surface area (Å²) in [6.07, 6.45) is 3.68. The summed E-state index contributed by atoms with van der Waals surface area (Å²) < 4.78 is 1.64. The Hall–Kier alpha value is -4.01. The van der Waals surface area contributed by atoms with Crippen LogP contribution in [0.1, 0.15) is 42.1 Å². The number of fused-ring (bicyclic) bond motifs is 2. The minimum atomic E-state index is -0.827. The molecule has 1 unspecified atom stereocenters. The van der Waals surface area contributed by atoms with Gasteiger partial charge in [0, 0.05) is 18.2 Å². The van der Waals surface area contributed by atoms with Crippen LogP contribution >= 0.6 is 0 Å². The fraction of sp³-hybridized carbons (Fsp3) is 0.261. The number of para-hydroxylation sites is 1. The molecule has 2 aromatic carbocycles. The van der Waals surface area contributed by atoms with Crippen LogP contribution in [0.3, 0.4) is 0 Å². The van der Waals surface area contributed by atoms with Crippen molar-refractivity contribution in [1.82, 2.24) is 14.9 Å². The molecule has 0 saturated heterocycles. The molecule has 1 aliphatic carbocycles. The number of anilines is 2. The van der Waals surface area contributed by atoms with Crippen molar-refractivity contribution < 1.29 is 14.4 Å². The molecule has 0 spiro atoms. The topological polar surface area (TPSA) is 122 Å². The van der Waals surface area contributed by atoms with Crippen molar-refractivity contribution >= 4 is 40.0 Å². The van der Waals surface area contributed by atoms with Gasteiger partial charge in [0.25, 0.3) is 11.5 Å². The third kappa shape index (κ3) is 3.84. The highest BCUT2D eigenvalue weighted by molar-refractivity contribution is 6.10. The number of nitrogens with one attached hydrogen (secondary N) is 3. The Balaban J connectivity index is 1.25. The van der Waals surface area contributed by atoms with Crippen molar-refractivity contribution in [2.24, 2.45) is 0 Å². The van der Waals surface area contributed by atoms with Gasteiger partial charge in [0.05, 0.1) is 28.5 Å². The highest BCUT2D eigenvalue weighted by atomic mass is 16.2. The van der Waals surface area contributed by atoms with E-state index in [1.54, 1.807) is 53.4 Å². The van der Waals surface area contributed by atoms with E-state index in [1.807, 2.05) is 0 Å². The number of nitrogens with zero attached hydrogens (tertiary/aromatic N) is 2. The zero-order valence-electron chi connectivity index (χ0n) is 17.1. The molecule has 2 aliphatic rings. The molecule has 0 radical (unpaired) electrons. The first-order valence-electron chi connectivity index (χ1n) is 10.5. The van der Waals surface area contributed by atoms with Crippen molar-refractivity contribution in [2.75, 3.05) is 10.6 Å². The van der Waals surface area contributed by atoms with Crippen LogP contribution in [0.2, 0.25) is 0 Å². The largest absolute Gasteiger partial charge is 0.340 e. The highest BCUT2D eigenvalue weighted by Gasteiger charge is 2.28. The average molecular weight is 431 g/mol. The van der Waals surface area contributed by atoms with Crippen molar-refractivity contribution in [3.05, 3.63) is 64.7 Å². The van der Waals surface area contributed by atoms with E-state index in [1.165, 1.54) is 0 Å². The molecule has 3 amide bonds. The smallest absolute Gasteiger partial charge is 0.261 e. The van der Waals surface area contributed by atoms with Crippen LogP contribution in [-0.2, 0) is 9.59 Å². The fourth-order valence-corrected chi connectivity index (χ4v) is 3.84. The minimum Gasteiger partial charge on any atom is -0.340 e. The van der Waals surface area contributed by atoms with Crippen LogP contribution in [0, 0.1) is 0 Å². The van der Waals surface area contributed by atoms with Crippen molar-refractivity contribution in [1.29, 1.82) is 0 Å². The molecule has 0 bridgehead atoms. The van der Waals surface area contributed by atoms with Crippen molar-refractivity contribution in [3.63, 3.8) is 0 Å². The molecule has 1 aliphatic heterocycles. The molecule has 2 heterocycles. The normalized spacial score (nSPS) is 17.8. The SMILES string of the molecule is O=C(CCC1NC(=O)c2ccccc2NC1=O)Nc1ccc2ncn(C3CC3)c(=O)c2c1. The lowest BCUT2D eigenvalue weighted by atomic mass is 10.1. The van der Waals surface area contributed by atoms with Gasteiger partial charge in [0.2, 0.25) is 11.8 Å². The number of carbonyl (C=O) groups is 3. The summed E-state index contributed by atoms with van der Waals surface area (Å²) in [5.41, 5.74) is 1.77. The quantitative estimate of drug-likeness (QED) is 0.572. The van der Waals surface area contributed by atoms with Gasteiger partial charge < -0.3 is 16.0 Å². The lowest BCUT2D eigenvalue weighted by Crippen LogP contribution is -2.41. The molecule has 162 valence electrons. The van der Waals surface area contributed by atoms with E-state index in [-0.39, 0.29) is 42.2 Å². The van der Waals surface area contributed by atoms with Crippen LogP contribution < -0.4 is 21.5 Å². The molecular formula is C23H21N5O4. The molecule has 1 saturated carbocycles. The Morgan fingerprint density at radius 2 is 1.94 bits per heavy atom. The second-order valence-electron chi connectivity index (χ2n) is 8.07. The summed E-state index contributed by atoms with van der Waals surface area (Å²) in [4.78, 5) is 54.4. The summed E-state index contributed by atoms with van der Waals surface area (Å²) in [5, 5.41) is 8.61. The van der Waals surface area contributed by atoms with E-state index in [2.05, 4.69) is 20.9 Å². The molecule has 1 aromatic heterocycles. The number of amides is 3. The van der Waals surface area contributed by atoms with Crippen LogP contribution in [-0.4, -0.2) is 33.3 Å². The maximum absolute atomic E-state index is 12.7. The average Bonchev–Trinajstić information content (AvgIpc) is 3.63. The molecule has 1 atom stereocenters. The van der Waals surface area contributed by atoms with Crippen LogP contribution in [0.4, 0.5) is 11.4 Å². The maximum atomic E-state index is 12.7. The van der Waals surface area contributed by atoms with E-state index in [0.29, 0.717) is 27.8 Å². The number of rotatable bonds is 5. The molecule has 32 heavy (non-hydrogen) atoms. The van der Waals surface area contributed by atoms with E-state index in [9.17, 15) is 19.2 Å². The molecular weight excluding hydrogens is 410 g/mol. The van der Waals surface area contributed by atoms with Crippen molar-refractivity contribution in [2.45, 2.75) is 37.8 Å². The van der Waals surface area contributed by atoms with Gasteiger partial charge in [0.1, 0.15) is 6.04 Å². The maximum Gasteiger partial charge on any atom is 0.261 e. The number of carbonyl (C=O) groups excluding carboxylic acids is 3. The lowest BCUT2D eigenvalue weighted by molar-refractivity contribution is -0.118. The second kappa shape index (κ2) is 7.92. The summed E-state index contributed by atoms with van der Waals surface area (Å²) in [5.74, 6) is -1.05. The third-order valence-corrected chi connectivity index (χ3v) is 5.72. The van der Waals surface area contributed by atoms with Gasteiger partial charge in [-0.1, -0.05) is 12.1 Å². The van der Waals surface area contributed by atoms with Gasteiger partial charge in [-0.05, 0) is 49.6 Å². The Labute approximate surface area is 182 Å². The predicted octanol–water partition coefficient (Wildman–Crippen LogP) is 2.20. The molecule has 9 nitrogen and oxygen atoms in total. The number of benzene rings is 2. The molecule has 3 N–H and O–H groups in total. The molecule has 3 aromatic rings. The zero-order valence-corrected chi connectivity index (χ0v) is 17.1. The van der Waals surface area contributed by atoms with Crippen LogP contribution in [0.15, 0.2) is 53.6 Å². The Bertz CT molecular complexity index is 1310. The Kier molecular flexibility index (Phi) is 4.93. The standard InChI is InChI=1S/C23H21N5O4/c29-20(10-9-19-22(31)26-18-4-2-1-3-15(18)21(30)27-19)25-13-5-8-17-16(11-13)23(32)28(12-24-17)14-6-7-14/h1-5,8,11-12,14,19H,6-7,9-10H2,(H,25,29)(H,26,31)(H,27,30). The van der Waals surface area contributed by atoms with E-state index < -0.39 is 6.04 Å². The monoisotopic (exact) mass is 431 g/mol. The van der Waals surface area contributed by atoms with Gasteiger partial charge in [-0.2, -0.15) is 0 Å². The summed E-state index contributed by atoms with van der Waals surface area (Å²) in [6.45, 7) is 0. The van der Waals surface area contributed by atoms with E-state index in [0.717, 1.165) is 12.8 Å². The van der Waals surface area contributed by atoms with Crippen LogP contribution in [0.25, 0.3) is 10.9 Å². The van der Waals surface area contributed by atoms with Gasteiger partial charge in [-0.3, -0.25) is 23.7 Å². The summed E-state index contributed by atoms with van der Waals surface area (Å²) in [6, 6.07) is 11.1. The Morgan fingerprint density at radius 1 is 1.12 bits per heavy atom. The Morgan fingerprint density at radius 3 is 2.75 bits per heavy atom.